The summed E-state index contributed by atoms with van der Waals surface area (Å²) < 4.78 is 7.13. The standard InChI is InChI=1S/C14H15N3O2S/c1-10(4-5-11-3-2-7-19-11)15-13(18)12-9-17-6-8-20-14(17)16-12/h2-3,6-10H,4-5H2,1H3,(H,15,18)/t10-/m1/s1. The third kappa shape index (κ3) is 2.75. The molecule has 1 atom stereocenters. The lowest BCUT2D eigenvalue weighted by molar-refractivity contribution is 0.0933. The van der Waals surface area contributed by atoms with Crippen molar-refractivity contribution >= 4 is 22.2 Å². The van der Waals surface area contributed by atoms with Crippen molar-refractivity contribution < 1.29 is 9.21 Å². The molecule has 6 heteroatoms. The van der Waals surface area contributed by atoms with Gasteiger partial charge in [-0.15, -0.1) is 11.3 Å². The van der Waals surface area contributed by atoms with Gasteiger partial charge in [-0.2, -0.15) is 0 Å². The normalized spacial score (nSPS) is 12.7. The molecular formula is C14H15N3O2S. The summed E-state index contributed by atoms with van der Waals surface area (Å²) >= 11 is 1.51. The summed E-state index contributed by atoms with van der Waals surface area (Å²) in [6.45, 7) is 1.99. The molecule has 0 bridgehead atoms. The van der Waals surface area contributed by atoms with E-state index in [0.29, 0.717) is 5.69 Å². The first-order chi connectivity index (χ1) is 9.72. The van der Waals surface area contributed by atoms with Crippen LogP contribution < -0.4 is 5.32 Å². The summed E-state index contributed by atoms with van der Waals surface area (Å²) in [5, 5.41) is 4.90. The van der Waals surface area contributed by atoms with Crippen molar-refractivity contribution in [3.63, 3.8) is 0 Å². The molecule has 0 aliphatic heterocycles. The van der Waals surface area contributed by atoms with E-state index >= 15 is 0 Å². The van der Waals surface area contributed by atoms with Gasteiger partial charge in [0, 0.05) is 30.2 Å². The Labute approximate surface area is 120 Å². The van der Waals surface area contributed by atoms with Gasteiger partial charge in [0.25, 0.3) is 5.91 Å². The van der Waals surface area contributed by atoms with Crippen molar-refractivity contribution in [2.24, 2.45) is 0 Å². The second-order valence-corrected chi connectivity index (χ2v) is 5.58. The van der Waals surface area contributed by atoms with Gasteiger partial charge < -0.3 is 9.73 Å². The maximum atomic E-state index is 12.1. The lowest BCUT2D eigenvalue weighted by atomic mass is 10.1. The van der Waals surface area contributed by atoms with Crippen LogP contribution >= 0.6 is 11.3 Å². The van der Waals surface area contributed by atoms with Crippen LogP contribution in [0.4, 0.5) is 0 Å². The van der Waals surface area contributed by atoms with Gasteiger partial charge in [-0.3, -0.25) is 9.20 Å². The molecule has 0 unspecified atom stereocenters. The Morgan fingerprint density at radius 1 is 1.60 bits per heavy atom. The monoisotopic (exact) mass is 289 g/mol. The number of aryl methyl sites for hydroxylation is 1. The molecule has 1 N–H and O–H groups in total. The number of carbonyl (C=O) groups excluding carboxylic acids is 1. The number of fused-ring (bicyclic) bond motifs is 1. The van der Waals surface area contributed by atoms with E-state index in [2.05, 4.69) is 10.3 Å². The molecule has 0 saturated heterocycles. The number of furan rings is 1. The Kier molecular flexibility index (Phi) is 3.56. The number of thiazole rings is 1. The third-order valence-corrected chi connectivity index (χ3v) is 3.88. The predicted molar refractivity (Wildman–Crippen MR) is 77.0 cm³/mol. The van der Waals surface area contributed by atoms with Crippen LogP contribution in [0.1, 0.15) is 29.6 Å². The molecule has 104 valence electrons. The van der Waals surface area contributed by atoms with E-state index in [1.165, 1.54) is 11.3 Å². The van der Waals surface area contributed by atoms with Crippen LogP contribution in [0, 0.1) is 0 Å². The number of amides is 1. The highest BCUT2D eigenvalue weighted by Crippen LogP contribution is 2.12. The second kappa shape index (κ2) is 5.50. The average Bonchev–Trinajstić information content (AvgIpc) is 3.12. The molecule has 0 aromatic carbocycles. The fraction of sp³-hybridized carbons (Fsp3) is 0.286. The Bertz CT molecular complexity index is 670. The van der Waals surface area contributed by atoms with Crippen LogP contribution in [0.2, 0.25) is 0 Å². The van der Waals surface area contributed by atoms with E-state index in [4.69, 9.17) is 4.42 Å². The molecule has 0 aliphatic rings. The number of aromatic nitrogens is 2. The molecule has 0 saturated carbocycles. The molecular weight excluding hydrogens is 274 g/mol. The molecule has 20 heavy (non-hydrogen) atoms. The van der Waals surface area contributed by atoms with Gasteiger partial charge in [0.05, 0.1) is 6.26 Å². The smallest absolute Gasteiger partial charge is 0.271 e. The zero-order valence-corrected chi connectivity index (χ0v) is 11.9. The van der Waals surface area contributed by atoms with Gasteiger partial charge in [-0.1, -0.05) is 0 Å². The fourth-order valence-electron chi connectivity index (χ4n) is 2.02. The van der Waals surface area contributed by atoms with Crippen molar-refractivity contribution in [3.05, 3.63) is 47.6 Å². The summed E-state index contributed by atoms with van der Waals surface area (Å²) in [6, 6.07) is 3.89. The summed E-state index contributed by atoms with van der Waals surface area (Å²) in [7, 11) is 0. The molecule has 1 amide bonds. The lowest BCUT2D eigenvalue weighted by Crippen LogP contribution is -2.33. The summed E-state index contributed by atoms with van der Waals surface area (Å²) in [6.07, 6.45) is 6.95. The molecule has 3 rings (SSSR count). The number of nitrogens with zero attached hydrogens (tertiary/aromatic N) is 2. The molecule has 3 aromatic rings. The van der Waals surface area contributed by atoms with Crippen LogP contribution in [0.15, 0.2) is 40.6 Å². The summed E-state index contributed by atoms with van der Waals surface area (Å²) in [5.41, 5.74) is 0.460. The van der Waals surface area contributed by atoms with Gasteiger partial charge in [0.15, 0.2) is 4.96 Å². The van der Waals surface area contributed by atoms with E-state index in [1.54, 1.807) is 12.5 Å². The summed E-state index contributed by atoms with van der Waals surface area (Å²) in [5.74, 6) is 0.807. The minimum atomic E-state index is -0.132. The zero-order valence-electron chi connectivity index (χ0n) is 11.1. The van der Waals surface area contributed by atoms with Crippen LogP contribution in [0.3, 0.4) is 0 Å². The minimum absolute atomic E-state index is 0.0762. The fourth-order valence-corrected chi connectivity index (χ4v) is 2.72. The molecule has 3 aromatic heterocycles. The number of carbonyl (C=O) groups is 1. The Balaban J connectivity index is 1.56. The molecule has 5 nitrogen and oxygen atoms in total. The van der Waals surface area contributed by atoms with Gasteiger partial charge in [0.1, 0.15) is 11.5 Å². The van der Waals surface area contributed by atoms with Crippen LogP contribution in [0.25, 0.3) is 4.96 Å². The van der Waals surface area contributed by atoms with E-state index in [-0.39, 0.29) is 11.9 Å². The predicted octanol–water partition coefficient (Wildman–Crippen LogP) is 2.74. The van der Waals surface area contributed by atoms with E-state index in [0.717, 1.165) is 23.6 Å². The first kappa shape index (κ1) is 12.9. The molecule has 0 radical (unpaired) electrons. The molecule has 0 fully saturated rings. The number of hydrogen-bond acceptors (Lipinski definition) is 4. The maximum Gasteiger partial charge on any atom is 0.271 e. The molecule has 0 spiro atoms. The lowest BCUT2D eigenvalue weighted by Gasteiger charge is -2.11. The average molecular weight is 289 g/mol. The second-order valence-electron chi connectivity index (χ2n) is 4.71. The Hall–Kier alpha value is -2.08. The number of nitrogens with one attached hydrogen (secondary N) is 1. The quantitative estimate of drug-likeness (QED) is 0.785. The first-order valence-corrected chi connectivity index (χ1v) is 7.36. The number of rotatable bonds is 5. The van der Waals surface area contributed by atoms with E-state index in [9.17, 15) is 4.79 Å². The maximum absolute atomic E-state index is 12.1. The topological polar surface area (TPSA) is 59.5 Å². The molecule has 3 heterocycles. The zero-order chi connectivity index (χ0) is 13.9. The Morgan fingerprint density at radius 3 is 3.25 bits per heavy atom. The van der Waals surface area contributed by atoms with E-state index < -0.39 is 0 Å². The minimum Gasteiger partial charge on any atom is -0.469 e. The van der Waals surface area contributed by atoms with Gasteiger partial charge >= 0.3 is 0 Å². The highest BCUT2D eigenvalue weighted by Gasteiger charge is 2.14. The van der Waals surface area contributed by atoms with Crippen molar-refractivity contribution in [2.45, 2.75) is 25.8 Å². The molecule has 0 aliphatic carbocycles. The Morgan fingerprint density at radius 2 is 2.50 bits per heavy atom. The van der Waals surface area contributed by atoms with Crippen LogP contribution in [0.5, 0.6) is 0 Å². The first-order valence-electron chi connectivity index (χ1n) is 6.48. The van der Waals surface area contributed by atoms with Crippen LogP contribution in [-0.4, -0.2) is 21.3 Å². The highest BCUT2D eigenvalue weighted by molar-refractivity contribution is 7.15. The van der Waals surface area contributed by atoms with Crippen molar-refractivity contribution in [1.29, 1.82) is 0 Å². The van der Waals surface area contributed by atoms with Crippen LogP contribution in [-0.2, 0) is 6.42 Å². The van der Waals surface area contributed by atoms with E-state index in [1.807, 2.05) is 35.0 Å². The van der Waals surface area contributed by atoms with Crippen molar-refractivity contribution in [3.8, 4) is 0 Å². The van der Waals surface area contributed by atoms with Crippen molar-refractivity contribution in [2.75, 3.05) is 0 Å². The number of imidazole rings is 1. The van der Waals surface area contributed by atoms with Gasteiger partial charge in [-0.25, -0.2) is 4.98 Å². The van der Waals surface area contributed by atoms with Crippen molar-refractivity contribution in [1.82, 2.24) is 14.7 Å². The number of hydrogen-bond donors (Lipinski definition) is 1. The SMILES string of the molecule is C[C@H](CCc1ccco1)NC(=O)c1cn2ccsc2n1. The third-order valence-electron chi connectivity index (χ3n) is 3.11. The van der Waals surface area contributed by atoms with Gasteiger partial charge in [0.2, 0.25) is 0 Å². The van der Waals surface area contributed by atoms with Gasteiger partial charge in [-0.05, 0) is 25.5 Å². The highest BCUT2D eigenvalue weighted by atomic mass is 32.1. The summed E-state index contributed by atoms with van der Waals surface area (Å²) in [4.78, 5) is 17.2. The largest absolute Gasteiger partial charge is 0.469 e.